The van der Waals surface area contributed by atoms with E-state index in [4.69, 9.17) is 47.1 Å². The molecule has 4 aliphatic rings. The molecule has 4 heterocycles. The number of benzene rings is 9. The van der Waals surface area contributed by atoms with E-state index in [0.717, 1.165) is 50.3 Å². The molecule has 120 heavy (non-hydrogen) atoms. The molecule has 0 aromatic heterocycles. The maximum Gasteiger partial charge on any atom is 0.339 e. The topological polar surface area (TPSA) is 340 Å². The number of amides is 2. The monoisotopic (exact) mass is 1700 g/mol. The number of esters is 4. The highest BCUT2D eigenvalue weighted by Crippen LogP contribution is 2.52. The van der Waals surface area contributed by atoms with E-state index in [1.54, 1.807) is 94.7 Å². The number of phenols is 1. The number of thioether (sulfide) groups is 2. The second kappa shape index (κ2) is 38.6. The number of halogens is 2. The van der Waals surface area contributed by atoms with Gasteiger partial charge >= 0.3 is 29.8 Å². The van der Waals surface area contributed by atoms with Crippen molar-refractivity contribution < 1.29 is 120 Å². The van der Waals surface area contributed by atoms with Crippen LogP contribution in [0.1, 0.15) is 93.7 Å². The number of rotatable bonds is 28. The van der Waals surface area contributed by atoms with E-state index in [1.807, 2.05) is 91.0 Å². The SMILES string of the molecule is COC(=O)C1O[C@@H](Oc2cccc(-c3ccc(C4[C@@H](SC[C@H](O[Si](C)(C)C(C)(C)C)c5ccc(F)cc5)C(=O)N4c4ccccc4)c(OCc4ccccc4)c3)c2)C(OC(C)=O)[C@@H](OC(C)=O)[C@@H]1OC(C)=O.O=C(O)C1O[C@@H](Oc2cccc(-c3ccc(C4[C@@H](SC[C@H](O)c5ccc(F)cc5)C(=O)N4c4ccccc4)c(O)c3)c2)C(O)[C@@H](O)[C@@H]1O. The number of aromatic hydroxyl groups is 1. The van der Waals surface area contributed by atoms with Gasteiger partial charge in [-0.1, -0.05) is 160 Å². The molecule has 16 atom stereocenters. The standard InChI is InChI=1S/C55H60FNO13SSi.C35H32FNO10S/c1-33(58)65-47-48(66-34(2)59)50(67-35(3)60)54(69-49(47)53(62)63-7)68-42-22-16-19-38(29-42)39-25-28-43(44(30-39)64-31-36-17-12-10-13-18-36)46-51(52(61)57(46)41-20-14-11-15-21-41)71-32-45(37-23-26-40(56)27-24-37)70-72(8,9)55(4,5)6;36-21-12-9-18(10-13-21)26(39)17-48-32-27(37(33(32)43)22-6-2-1-3-7-22)24-14-11-20(16-25(24)38)19-5-4-8-23(15-19)46-35-30(42)28(40)29(41)31(47-35)34(44)45/h10-30,45-51,54H,31-32H2,1-9H3;1-16,26-32,35,38-42H,17H2,(H,44,45)/t45-,46?,47-,48-,49?,50?,51+,54+;26-,27?,28-,29-,30?,31?,32+,35+/m00/s1. The van der Waals surface area contributed by atoms with Gasteiger partial charge in [0.1, 0.15) is 70.1 Å². The third kappa shape index (κ3) is 20.5. The molecule has 6 N–H and O–H groups in total. The minimum Gasteiger partial charge on any atom is -0.508 e. The van der Waals surface area contributed by atoms with Gasteiger partial charge in [0.05, 0.1) is 31.4 Å². The Bertz CT molecular complexity index is 5120. The Labute approximate surface area is 701 Å². The van der Waals surface area contributed by atoms with Crippen molar-refractivity contribution in [3.63, 3.8) is 0 Å². The first kappa shape index (κ1) is 88.3. The van der Waals surface area contributed by atoms with Crippen LogP contribution in [0.5, 0.6) is 23.0 Å². The van der Waals surface area contributed by atoms with Crippen molar-refractivity contribution in [2.75, 3.05) is 28.4 Å². The number of aliphatic carboxylic acids is 1. The summed E-state index contributed by atoms with van der Waals surface area (Å²) in [6.07, 6.45) is -18.0. The maximum absolute atomic E-state index is 14.5. The van der Waals surface area contributed by atoms with E-state index < -0.39 is 140 Å². The molecule has 4 fully saturated rings. The van der Waals surface area contributed by atoms with Crippen LogP contribution in [0.3, 0.4) is 0 Å². The molecule has 0 bridgehead atoms. The molecule has 4 saturated heterocycles. The highest BCUT2D eigenvalue weighted by Gasteiger charge is 2.57. The Kier molecular flexibility index (Phi) is 28.4. The van der Waals surface area contributed by atoms with Gasteiger partial charge in [-0.2, -0.15) is 0 Å². The molecule has 6 unspecified atom stereocenters. The molecule has 0 spiro atoms. The van der Waals surface area contributed by atoms with E-state index in [9.17, 15) is 73.0 Å². The molecule has 0 saturated carbocycles. The predicted octanol–water partition coefficient (Wildman–Crippen LogP) is 13.5. The smallest absolute Gasteiger partial charge is 0.339 e. The van der Waals surface area contributed by atoms with Crippen LogP contribution in [0.25, 0.3) is 22.3 Å². The lowest BCUT2D eigenvalue weighted by Crippen LogP contribution is -2.64. The molecule has 630 valence electrons. The molecule has 13 rings (SSSR count). The minimum absolute atomic E-state index is 0.0779. The number of carbonyl (C=O) groups is 7. The molecule has 25 nitrogen and oxygen atoms in total. The normalized spacial score (nSPS) is 23.3. The van der Waals surface area contributed by atoms with E-state index in [2.05, 4.69) is 33.9 Å². The molecule has 0 aliphatic carbocycles. The molecular weight excluding hydrogens is 1610 g/mol. The van der Waals surface area contributed by atoms with Gasteiger partial charge in [0, 0.05) is 54.8 Å². The fourth-order valence-electron chi connectivity index (χ4n) is 14.1. The molecule has 4 aliphatic heterocycles. The largest absolute Gasteiger partial charge is 0.508 e. The van der Waals surface area contributed by atoms with Gasteiger partial charge in [-0.3, -0.25) is 24.0 Å². The number of anilines is 2. The number of carboxylic acids is 1. The summed E-state index contributed by atoms with van der Waals surface area (Å²) in [5.74, 6) is -4.59. The number of aliphatic hydroxyl groups is 4. The lowest BCUT2D eigenvalue weighted by Gasteiger charge is -2.48. The summed E-state index contributed by atoms with van der Waals surface area (Å²) in [5.41, 5.74) is 7.39. The summed E-state index contributed by atoms with van der Waals surface area (Å²) in [5, 5.41) is 60.5. The van der Waals surface area contributed by atoms with Crippen LogP contribution in [0.2, 0.25) is 18.1 Å². The van der Waals surface area contributed by atoms with Gasteiger partial charge in [-0.25, -0.2) is 18.4 Å². The number of hydrogen-bond donors (Lipinski definition) is 6. The summed E-state index contributed by atoms with van der Waals surface area (Å²) in [7, 11) is -1.24. The first-order valence-electron chi connectivity index (χ1n) is 38.5. The number of para-hydroxylation sites is 2. The Balaban J connectivity index is 0.000000238. The average molecular weight is 1700 g/mol. The number of nitrogens with zero attached hydrogens (tertiary/aromatic N) is 2. The van der Waals surface area contributed by atoms with Crippen molar-refractivity contribution in [3.05, 3.63) is 264 Å². The van der Waals surface area contributed by atoms with E-state index in [0.29, 0.717) is 50.6 Å². The van der Waals surface area contributed by atoms with Crippen LogP contribution in [0, 0.1) is 11.6 Å². The molecule has 9 aromatic carbocycles. The molecule has 9 aromatic rings. The number of β-lactam (4-membered cyclic amide) rings is 2. The lowest BCUT2D eigenvalue weighted by molar-refractivity contribution is -0.282. The predicted molar refractivity (Wildman–Crippen MR) is 444 cm³/mol. The highest BCUT2D eigenvalue weighted by molar-refractivity contribution is 8.01. The summed E-state index contributed by atoms with van der Waals surface area (Å²) in [6.45, 7) is 14.4. The summed E-state index contributed by atoms with van der Waals surface area (Å²) < 4.78 is 86.0. The van der Waals surface area contributed by atoms with Crippen LogP contribution in [0.15, 0.2) is 224 Å². The van der Waals surface area contributed by atoms with Crippen LogP contribution < -0.4 is 24.0 Å². The first-order valence-corrected chi connectivity index (χ1v) is 43.5. The van der Waals surface area contributed by atoms with Crippen LogP contribution in [-0.2, 0) is 73.0 Å². The molecule has 0 radical (unpaired) electrons. The zero-order valence-electron chi connectivity index (χ0n) is 66.8. The van der Waals surface area contributed by atoms with Crippen molar-refractivity contribution in [1.29, 1.82) is 0 Å². The van der Waals surface area contributed by atoms with Crippen molar-refractivity contribution >= 4 is 84.9 Å². The number of aliphatic hydroxyl groups excluding tert-OH is 4. The third-order valence-electron chi connectivity index (χ3n) is 21.2. The number of carbonyl (C=O) groups excluding carboxylic acids is 6. The number of phenolic OH excluding ortho intramolecular Hbond substituents is 1. The maximum atomic E-state index is 14.5. The Hall–Kier alpha value is -11.0. The van der Waals surface area contributed by atoms with Gasteiger partial charge in [0.2, 0.25) is 30.5 Å². The van der Waals surface area contributed by atoms with Crippen LogP contribution in [0.4, 0.5) is 20.2 Å². The number of ether oxygens (including phenoxy) is 9. The van der Waals surface area contributed by atoms with Gasteiger partial charge in [0.25, 0.3) is 0 Å². The number of methoxy groups -OCH3 is 1. The van der Waals surface area contributed by atoms with Gasteiger partial charge < -0.3 is 87.5 Å². The highest BCUT2D eigenvalue weighted by atomic mass is 32.2. The van der Waals surface area contributed by atoms with Gasteiger partial charge in [0.15, 0.2) is 32.7 Å². The van der Waals surface area contributed by atoms with Crippen molar-refractivity contribution in [1.82, 2.24) is 0 Å². The quantitative estimate of drug-likeness (QED) is 0.0115. The molecular formula is C90H92F2N2O23S2Si. The van der Waals surface area contributed by atoms with E-state index in [-0.39, 0.29) is 52.3 Å². The van der Waals surface area contributed by atoms with Crippen molar-refractivity contribution in [2.24, 2.45) is 0 Å². The van der Waals surface area contributed by atoms with Crippen LogP contribution >= 0.6 is 23.5 Å². The van der Waals surface area contributed by atoms with E-state index in [1.165, 1.54) is 72.1 Å². The lowest BCUT2D eigenvalue weighted by atomic mass is 9.90. The third-order valence-corrected chi connectivity index (χ3v) is 28.3. The average Bonchev–Trinajstić information content (AvgIpc) is 0.735. The Morgan fingerprint density at radius 1 is 0.525 bits per heavy atom. The molecule has 2 amide bonds. The summed E-state index contributed by atoms with van der Waals surface area (Å²) in [6, 6.07) is 63.2. The van der Waals surface area contributed by atoms with Crippen molar-refractivity contribution in [2.45, 2.75) is 162 Å². The Morgan fingerprint density at radius 2 is 0.992 bits per heavy atom. The van der Waals surface area contributed by atoms with Gasteiger partial charge in [-0.05, 0) is 142 Å². The zero-order valence-corrected chi connectivity index (χ0v) is 69.4. The Morgan fingerprint density at radius 3 is 1.51 bits per heavy atom. The first-order chi connectivity index (χ1) is 57.3. The van der Waals surface area contributed by atoms with E-state index >= 15 is 0 Å². The molecule has 30 heteroatoms. The number of carboxylic acid groups (broad SMARTS) is 1. The van der Waals surface area contributed by atoms with Gasteiger partial charge in [-0.15, -0.1) is 23.5 Å². The summed E-state index contributed by atoms with van der Waals surface area (Å²) in [4.78, 5) is 93.0. The van der Waals surface area contributed by atoms with Crippen molar-refractivity contribution in [3.8, 4) is 45.3 Å². The second-order valence-corrected chi connectivity index (χ2v) is 37.6. The zero-order chi connectivity index (χ0) is 86.0. The number of hydrogen-bond acceptors (Lipinski definition) is 24. The summed E-state index contributed by atoms with van der Waals surface area (Å²) >= 11 is 2.75. The minimum atomic E-state index is -2.35. The van der Waals surface area contributed by atoms with Crippen LogP contribution in [-0.4, -0.2) is 171 Å². The second-order valence-electron chi connectivity index (χ2n) is 30.5. The fraction of sp³-hybridized carbons (Fsp3) is 0.322. The fourth-order valence-corrected chi connectivity index (χ4v) is 18.1.